The van der Waals surface area contributed by atoms with Crippen molar-refractivity contribution in [3.05, 3.63) is 48.2 Å². The van der Waals surface area contributed by atoms with E-state index in [1.165, 1.54) is 0 Å². The Morgan fingerprint density at radius 2 is 2.04 bits per heavy atom. The highest BCUT2D eigenvalue weighted by Crippen LogP contribution is 2.30. The van der Waals surface area contributed by atoms with Gasteiger partial charge in [0.1, 0.15) is 5.58 Å². The van der Waals surface area contributed by atoms with E-state index >= 15 is 0 Å². The Balaban J connectivity index is 1.45. The second kappa shape index (κ2) is 7.43. The van der Waals surface area contributed by atoms with Crippen molar-refractivity contribution in [1.29, 1.82) is 0 Å². The van der Waals surface area contributed by atoms with E-state index in [9.17, 15) is 9.59 Å². The van der Waals surface area contributed by atoms with Crippen molar-refractivity contribution in [3.63, 3.8) is 0 Å². The van der Waals surface area contributed by atoms with Gasteiger partial charge in [-0.2, -0.15) is 0 Å². The molecule has 0 aliphatic carbocycles. The molecule has 140 valence electrons. The van der Waals surface area contributed by atoms with E-state index in [-0.39, 0.29) is 25.0 Å². The zero-order valence-electron chi connectivity index (χ0n) is 15.4. The third-order valence-electron chi connectivity index (χ3n) is 5.35. The molecule has 1 unspecified atom stereocenters. The molecule has 3 aromatic rings. The van der Waals surface area contributed by atoms with Gasteiger partial charge in [0.05, 0.1) is 12.7 Å². The van der Waals surface area contributed by atoms with Crippen molar-refractivity contribution in [2.24, 2.45) is 0 Å². The first kappa shape index (κ1) is 17.6. The van der Waals surface area contributed by atoms with Crippen LogP contribution in [0.1, 0.15) is 31.7 Å². The van der Waals surface area contributed by atoms with Gasteiger partial charge in [0.2, 0.25) is 0 Å². The van der Waals surface area contributed by atoms with Gasteiger partial charge < -0.3 is 14.1 Å². The number of carbonyl (C=O) groups excluding carboxylic acids is 2. The number of ether oxygens (including phenoxy) is 1. The highest BCUT2D eigenvalue weighted by Gasteiger charge is 2.24. The lowest BCUT2D eigenvalue weighted by Gasteiger charge is -2.33. The van der Waals surface area contributed by atoms with Gasteiger partial charge in [0.15, 0.2) is 6.61 Å². The van der Waals surface area contributed by atoms with Gasteiger partial charge >= 0.3 is 5.97 Å². The summed E-state index contributed by atoms with van der Waals surface area (Å²) < 4.78 is 10.9. The summed E-state index contributed by atoms with van der Waals surface area (Å²) in [5.41, 5.74) is 1.53. The number of likely N-dealkylation sites (tertiary alicyclic amines) is 1. The first-order chi connectivity index (χ1) is 13.1. The molecule has 5 nitrogen and oxygen atoms in total. The summed E-state index contributed by atoms with van der Waals surface area (Å²) in [6, 6.07) is 12.1. The minimum absolute atomic E-state index is 0.0871. The third kappa shape index (κ3) is 3.54. The molecule has 1 atom stereocenters. The fraction of sp³-hybridized carbons (Fsp3) is 0.364. The summed E-state index contributed by atoms with van der Waals surface area (Å²) in [6.45, 7) is 2.59. The quantitative estimate of drug-likeness (QED) is 0.654. The van der Waals surface area contributed by atoms with Crippen LogP contribution in [-0.2, 0) is 20.7 Å². The number of esters is 1. The van der Waals surface area contributed by atoms with Gasteiger partial charge in [-0.25, -0.2) is 0 Å². The third-order valence-corrected chi connectivity index (χ3v) is 5.35. The molecular formula is C22H23NO4. The number of piperidine rings is 1. The van der Waals surface area contributed by atoms with Crippen LogP contribution in [0.3, 0.4) is 0 Å². The van der Waals surface area contributed by atoms with Crippen LogP contribution in [0.2, 0.25) is 0 Å². The lowest BCUT2D eigenvalue weighted by atomic mass is 10.0. The summed E-state index contributed by atoms with van der Waals surface area (Å²) >= 11 is 0. The molecule has 2 aromatic carbocycles. The number of nitrogens with zero attached hydrogens (tertiary/aromatic N) is 1. The van der Waals surface area contributed by atoms with E-state index in [1.54, 1.807) is 6.26 Å². The number of hydrogen-bond acceptors (Lipinski definition) is 4. The van der Waals surface area contributed by atoms with Crippen molar-refractivity contribution in [2.75, 3.05) is 13.2 Å². The van der Waals surface area contributed by atoms with E-state index in [0.29, 0.717) is 0 Å². The molecule has 1 aliphatic heterocycles. The molecule has 1 fully saturated rings. The molecule has 5 heteroatoms. The Kier molecular flexibility index (Phi) is 4.84. The fourth-order valence-electron chi connectivity index (χ4n) is 3.90. The zero-order chi connectivity index (χ0) is 18.8. The molecule has 1 saturated heterocycles. The van der Waals surface area contributed by atoms with Crippen LogP contribution >= 0.6 is 0 Å². The molecule has 1 amide bonds. The van der Waals surface area contributed by atoms with Crippen LogP contribution in [0.5, 0.6) is 0 Å². The van der Waals surface area contributed by atoms with Gasteiger partial charge in [0, 0.05) is 23.5 Å². The lowest BCUT2D eigenvalue weighted by Crippen LogP contribution is -2.44. The molecule has 0 N–H and O–H groups in total. The van der Waals surface area contributed by atoms with E-state index in [4.69, 9.17) is 9.15 Å². The van der Waals surface area contributed by atoms with Gasteiger partial charge in [-0.05, 0) is 43.0 Å². The highest BCUT2D eigenvalue weighted by atomic mass is 16.5. The van der Waals surface area contributed by atoms with E-state index in [1.807, 2.05) is 48.2 Å². The molecule has 27 heavy (non-hydrogen) atoms. The van der Waals surface area contributed by atoms with Gasteiger partial charge in [-0.3, -0.25) is 9.59 Å². The normalized spacial score (nSPS) is 17.4. The molecule has 0 spiro atoms. The lowest BCUT2D eigenvalue weighted by molar-refractivity contribution is -0.152. The van der Waals surface area contributed by atoms with Gasteiger partial charge in [0.25, 0.3) is 5.91 Å². The first-order valence-electron chi connectivity index (χ1n) is 9.46. The number of benzene rings is 2. The molecule has 2 heterocycles. The van der Waals surface area contributed by atoms with Crippen molar-refractivity contribution < 1.29 is 18.7 Å². The van der Waals surface area contributed by atoms with Crippen molar-refractivity contribution in [3.8, 4) is 0 Å². The Labute approximate surface area is 157 Å². The van der Waals surface area contributed by atoms with Crippen LogP contribution < -0.4 is 0 Å². The minimum Gasteiger partial charge on any atom is -0.464 e. The maximum absolute atomic E-state index is 12.3. The maximum atomic E-state index is 12.3. The summed E-state index contributed by atoms with van der Waals surface area (Å²) in [5, 5.41) is 3.07. The van der Waals surface area contributed by atoms with Crippen LogP contribution in [0.25, 0.3) is 21.7 Å². The fourth-order valence-corrected chi connectivity index (χ4v) is 3.90. The van der Waals surface area contributed by atoms with Gasteiger partial charge in [-0.15, -0.1) is 0 Å². The van der Waals surface area contributed by atoms with Crippen molar-refractivity contribution >= 4 is 33.6 Å². The zero-order valence-corrected chi connectivity index (χ0v) is 15.4. The van der Waals surface area contributed by atoms with Crippen molar-refractivity contribution in [1.82, 2.24) is 4.90 Å². The number of furan rings is 1. The molecular weight excluding hydrogens is 342 g/mol. The molecule has 0 bridgehead atoms. The number of fused-ring (bicyclic) bond motifs is 3. The molecule has 4 rings (SSSR count). The Morgan fingerprint density at radius 3 is 2.89 bits per heavy atom. The summed E-state index contributed by atoms with van der Waals surface area (Å²) in [5.74, 6) is -0.526. The second-order valence-electron chi connectivity index (χ2n) is 7.19. The van der Waals surface area contributed by atoms with Crippen LogP contribution in [0.4, 0.5) is 0 Å². The molecule has 1 aromatic heterocycles. The average molecular weight is 365 g/mol. The first-order valence-corrected chi connectivity index (χ1v) is 9.46. The number of hydrogen-bond donors (Lipinski definition) is 0. The Bertz CT molecular complexity index is 990. The molecule has 0 saturated carbocycles. The largest absolute Gasteiger partial charge is 0.464 e. The topological polar surface area (TPSA) is 59.8 Å². The van der Waals surface area contributed by atoms with Gasteiger partial charge in [-0.1, -0.05) is 30.3 Å². The van der Waals surface area contributed by atoms with Crippen LogP contribution in [0.15, 0.2) is 47.1 Å². The Hall–Kier alpha value is -2.82. The predicted molar refractivity (Wildman–Crippen MR) is 103 cm³/mol. The minimum atomic E-state index is -0.413. The van der Waals surface area contributed by atoms with Crippen molar-refractivity contribution in [2.45, 2.75) is 38.6 Å². The standard InChI is InChI=1S/C22H23NO4/c1-15-6-4-5-11-23(15)20(24)14-27-21(25)12-17-13-26-19-10-9-16-7-2-3-8-18(16)22(17)19/h2-3,7-10,13,15H,4-6,11-12,14H2,1H3. The monoisotopic (exact) mass is 365 g/mol. The number of amides is 1. The number of carbonyl (C=O) groups is 2. The van der Waals surface area contributed by atoms with E-state index < -0.39 is 5.97 Å². The average Bonchev–Trinajstić information content (AvgIpc) is 3.10. The molecule has 1 aliphatic rings. The summed E-state index contributed by atoms with van der Waals surface area (Å²) in [6.07, 6.45) is 4.86. The van der Waals surface area contributed by atoms with E-state index in [2.05, 4.69) is 0 Å². The summed E-state index contributed by atoms with van der Waals surface area (Å²) in [4.78, 5) is 26.5. The predicted octanol–water partition coefficient (Wildman–Crippen LogP) is 4.07. The summed E-state index contributed by atoms with van der Waals surface area (Å²) in [7, 11) is 0. The maximum Gasteiger partial charge on any atom is 0.310 e. The SMILES string of the molecule is CC1CCCCN1C(=O)COC(=O)Cc1coc2ccc3ccccc3c12. The molecule has 0 radical (unpaired) electrons. The Morgan fingerprint density at radius 1 is 1.19 bits per heavy atom. The second-order valence-corrected chi connectivity index (χ2v) is 7.19. The number of rotatable bonds is 4. The van der Waals surface area contributed by atoms with E-state index in [0.717, 1.165) is 53.1 Å². The van der Waals surface area contributed by atoms with Crippen LogP contribution in [-0.4, -0.2) is 36.0 Å². The van der Waals surface area contributed by atoms with Crippen LogP contribution in [0, 0.1) is 0 Å². The highest BCUT2D eigenvalue weighted by molar-refractivity contribution is 6.08. The smallest absolute Gasteiger partial charge is 0.310 e.